The summed E-state index contributed by atoms with van der Waals surface area (Å²) < 4.78 is 34.6. The largest absolute Gasteiger partial charge is 0.493 e. The van der Waals surface area contributed by atoms with Crippen LogP contribution in [0.4, 0.5) is 4.39 Å². The Labute approximate surface area is 267 Å². The van der Waals surface area contributed by atoms with E-state index in [2.05, 4.69) is 0 Å². The van der Waals surface area contributed by atoms with Crippen LogP contribution in [0.3, 0.4) is 0 Å². The van der Waals surface area contributed by atoms with Crippen molar-refractivity contribution in [1.29, 1.82) is 0 Å². The van der Waals surface area contributed by atoms with Crippen molar-refractivity contribution < 1.29 is 28.5 Å². The van der Waals surface area contributed by atoms with Crippen molar-refractivity contribution in [1.82, 2.24) is 14.6 Å². The number of carboxylic acids is 1. The van der Waals surface area contributed by atoms with E-state index in [1.807, 2.05) is 76.2 Å². The molecule has 1 aliphatic rings. The van der Waals surface area contributed by atoms with Gasteiger partial charge in [0, 0.05) is 40.1 Å². The number of ether oxygens (including phenoxy) is 3. The van der Waals surface area contributed by atoms with E-state index >= 15 is 0 Å². The van der Waals surface area contributed by atoms with Crippen LogP contribution in [0, 0.1) is 19.7 Å². The van der Waals surface area contributed by atoms with Crippen LogP contribution in [0.25, 0.3) is 39.3 Å². The van der Waals surface area contributed by atoms with Crippen LogP contribution in [0.2, 0.25) is 0 Å². The molecule has 0 spiro atoms. The highest BCUT2D eigenvalue weighted by atomic mass is 19.1. The number of aliphatic carboxylic acids is 1. The highest BCUT2D eigenvalue weighted by Gasteiger charge is 2.34. The SMILES string of the molecule is Cc1ccc2c(c1)OCCCCCOc1cc(F)ccc1-c1cccc(c1)-c1cc3nc(C)c([C@H](OC(C)(C)C)C(=O)O)c-2n3n1. The third kappa shape index (κ3) is 6.46. The quantitative estimate of drug-likeness (QED) is 0.216. The molecule has 3 aromatic carbocycles. The van der Waals surface area contributed by atoms with Crippen LogP contribution in [-0.2, 0) is 9.53 Å². The molecule has 6 rings (SSSR count). The molecule has 4 bridgehead atoms. The molecule has 0 saturated carbocycles. The molecule has 0 amide bonds. The second-order valence-electron chi connectivity index (χ2n) is 12.7. The van der Waals surface area contributed by atoms with Gasteiger partial charge in [-0.25, -0.2) is 18.7 Å². The molecular formula is C37H38FN3O5. The van der Waals surface area contributed by atoms with Crippen molar-refractivity contribution in [2.45, 2.75) is 65.6 Å². The fraction of sp³-hybridized carbons (Fsp3) is 0.324. The van der Waals surface area contributed by atoms with Gasteiger partial charge in [-0.15, -0.1) is 0 Å². The molecule has 3 heterocycles. The summed E-state index contributed by atoms with van der Waals surface area (Å²) in [5.74, 6) is -0.382. The lowest BCUT2D eigenvalue weighted by atomic mass is 9.97. The maximum Gasteiger partial charge on any atom is 0.337 e. The molecule has 0 radical (unpaired) electrons. The number of nitrogens with zero attached hydrogens (tertiary/aromatic N) is 3. The number of hydrogen-bond acceptors (Lipinski definition) is 6. The van der Waals surface area contributed by atoms with E-state index in [-0.39, 0.29) is 5.82 Å². The maximum absolute atomic E-state index is 14.3. The summed E-state index contributed by atoms with van der Waals surface area (Å²) >= 11 is 0. The molecule has 238 valence electrons. The molecule has 5 aromatic rings. The van der Waals surface area contributed by atoms with Gasteiger partial charge in [0.15, 0.2) is 11.8 Å². The van der Waals surface area contributed by atoms with Gasteiger partial charge in [-0.2, -0.15) is 5.10 Å². The number of fused-ring (bicyclic) bond motifs is 8. The Morgan fingerprint density at radius 3 is 2.33 bits per heavy atom. The lowest BCUT2D eigenvalue weighted by molar-refractivity contribution is -0.160. The molecule has 9 heteroatoms. The van der Waals surface area contributed by atoms with Crippen molar-refractivity contribution in [3.63, 3.8) is 0 Å². The molecule has 0 unspecified atom stereocenters. The van der Waals surface area contributed by atoms with Crippen LogP contribution in [0.1, 0.15) is 63.0 Å². The van der Waals surface area contributed by atoms with Crippen molar-refractivity contribution in [2.24, 2.45) is 0 Å². The predicted molar refractivity (Wildman–Crippen MR) is 175 cm³/mol. The van der Waals surface area contributed by atoms with E-state index in [1.165, 1.54) is 12.1 Å². The van der Waals surface area contributed by atoms with Gasteiger partial charge in [-0.3, -0.25) is 0 Å². The number of hydrogen-bond donors (Lipinski definition) is 1. The molecule has 46 heavy (non-hydrogen) atoms. The average Bonchev–Trinajstić information content (AvgIpc) is 3.42. The molecule has 0 aliphatic carbocycles. The van der Waals surface area contributed by atoms with E-state index in [1.54, 1.807) is 17.5 Å². The Kier molecular flexibility index (Phi) is 8.53. The summed E-state index contributed by atoms with van der Waals surface area (Å²) in [7, 11) is 0. The van der Waals surface area contributed by atoms with Gasteiger partial charge in [0.2, 0.25) is 0 Å². The Balaban J connectivity index is 1.63. The first-order valence-electron chi connectivity index (χ1n) is 15.6. The third-order valence-electron chi connectivity index (χ3n) is 7.90. The summed E-state index contributed by atoms with van der Waals surface area (Å²) in [5.41, 5.74) is 6.06. The number of aromatic nitrogens is 3. The van der Waals surface area contributed by atoms with Crippen LogP contribution in [0.15, 0.2) is 66.7 Å². The summed E-state index contributed by atoms with van der Waals surface area (Å²) in [6.45, 7) is 10.2. The van der Waals surface area contributed by atoms with Gasteiger partial charge in [-0.05, 0) is 95.3 Å². The lowest BCUT2D eigenvalue weighted by Gasteiger charge is -2.28. The zero-order valence-corrected chi connectivity index (χ0v) is 26.8. The highest BCUT2D eigenvalue weighted by molar-refractivity contribution is 5.83. The minimum atomic E-state index is -1.31. The maximum atomic E-state index is 14.3. The molecule has 0 fully saturated rings. The van der Waals surface area contributed by atoms with E-state index in [0.717, 1.165) is 41.5 Å². The minimum Gasteiger partial charge on any atom is -0.493 e. The number of carboxylic acid groups (broad SMARTS) is 1. The lowest BCUT2D eigenvalue weighted by Crippen LogP contribution is -2.29. The summed E-state index contributed by atoms with van der Waals surface area (Å²) in [4.78, 5) is 17.7. The van der Waals surface area contributed by atoms with E-state index in [9.17, 15) is 14.3 Å². The van der Waals surface area contributed by atoms with Crippen molar-refractivity contribution in [2.75, 3.05) is 13.2 Å². The smallest absolute Gasteiger partial charge is 0.337 e. The third-order valence-corrected chi connectivity index (χ3v) is 7.90. The van der Waals surface area contributed by atoms with E-state index < -0.39 is 17.7 Å². The number of benzene rings is 3. The van der Waals surface area contributed by atoms with Crippen LogP contribution >= 0.6 is 0 Å². The number of carbonyl (C=O) groups is 1. The van der Waals surface area contributed by atoms with Crippen molar-refractivity contribution in [3.8, 4) is 45.1 Å². The Hall–Kier alpha value is -4.76. The first kappa shape index (κ1) is 31.2. The van der Waals surface area contributed by atoms with Crippen molar-refractivity contribution >= 4 is 11.6 Å². The fourth-order valence-electron chi connectivity index (χ4n) is 5.82. The normalized spacial score (nSPS) is 14.4. The monoisotopic (exact) mass is 623 g/mol. The van der Waals surface area contributed by atoms with Crippen molar-refractivity contribution in [3.05, 3.63) is 89.4 Å². The molecular weight excluding hydrogens is 585 g/mol. The second-order valence-corrected chi connectivity index (χ2v) is 12.7. The topological polar surface area (TPSA) is 95.2 Å². The number of halogens is 1. The first-order chi connectivity index (χ1) is 22.0. The fourth-order valence-corrected chi connectivity index (χ4v) is 5.82. The highest BCUT2D eigenvalue weighted by Crippen LogP contribution is 2.41. The zero-order valence-electron chi connectivity index (χ0n) is 26.8. The minimum absolute atomic E-state index is 0.361. The molecule has 1 N–H and O–H groups in total. The molecule has 8 nitrogen and oxygen atoms in total. The summed E-state index contributed by atoms with van der Waals surface area (Å²) in [6.07, 6.45) is 1.07. The summed E-state index contributed by atoms with van der Waals surface area (Å²) in [6, 6.07) is 20.2. The predicted octanol–water partition coefficient (Wildman–Crippen LogP) is 8.37. The molecule has 1 aliphatic heterocycles. The second kappa shape index (κ2) is 12.6. The molecule has 0 saturated heterocycles. The summed E-state index contributed by atoms with van der Waals surface area (Å²) in [5, 5.41) is 15.5. The Bertz CT molecular complexity index is 1930. The Morgan fingerprint density at radius 2 is 1.61 bits per heavy atom. The van der Waals surface area contributed by atoms with Gasteiger partial charge >= 0.3 is 5.97 Å². The molecule has 2 aromatic heterocycles. The number of aryl methyl sites for hydroxylation is 2. The van der Waals surface area contributed by atoms with Crippen LogP contribution < -0.4 is 9.47 Å². The molecule has 1 atom stereocenters. The van der Waals surface area contributed by atoms with Gasteiger partial charge in [0.25, 0.3) is 0 Å². The van der Waals surface area contributed by atoms with E-state index in [4.69, 9.17) is 24.3 Å². The van der Waals surface area contributed by atoms with E-state index in [0.29, 0.717) is 58.6 Å². The van der Waals surface area contributed by atoms with Gasteiger partial charge in [0.05, 0.1) is 30.2 Å². The Morgan fingerprint density at radius 1 is 0.913 bits per heavy atom. The first-order valence-corrected chi connectivity index (χ1v) is 15.6. The van der Waals surface area contributed by atoms with Crippen LogP contribution in [0.5, 0.6) is 11.5 Å². The average molecular weight is 624 g/mol. The van der Waals surface area contributed by atoms with Gasteiger partial charge in [-0.1, -0.05) is 24.3 Å². The number of rotatable bonds is 3. The zero-order chi connectivity index (χ0) is 32.6. The standard InChI is InChI=1S/C37H38FN3O5/c1-22-12-14-28-30(18-22)44-16-7-6-8-17-45-31-20-26(38)13-15-27(31)24-10-9-11-25(19-24)29-21-32-39-23(2)33(34(28)41(32)40-29)35(36(42)43)46-37(3,4)5/h9-15,18-21,35H,6-8,16-17H2,1-5H3,(H,42,43)/t35-/m0/s1. The van der Waals surface area contributed by atoms with Gasteiger partial charge < -0.3 is 19.3 Å². The van der Waals surface area contributed by atoms with Gasteiger partial charge in [0.1, 0.15) is 17.3 Å². The van der Waals surface area contributed by atoms with Crippen LogP contribution in [-0.4, -0.2) is 44.5 Å².